The van der Waals surface area contributed by atoms with Gasteiger partial charge in [0.15, 0.2) is 0 Å². The lowest BCUT2D eigenvalue weighted by molar-refractivity contribution is -0.131. The van der Waals surface area contributed by atoms with Gasteiger partial charge in [-0.1, -0.05) is 18.2 Å². The normalized spacial score (nSPS) is 14.5. The third kappa shape index (κ3) is 3.33. The molecule has 0 atom stereocenters. The first-order chi connectivity index (χ1) is 12.0. The molecule has 0 bridgehead atoms. The number of methoxy groups -OCH3 is 1. The van der Waals surface area contributed by atoms with Gasteiger partial charge < -0.3 is 15.4 Å². The second kappa shape index (κ2) is 6.55. The van der Waals surface area contributed by atoms with E-state index in [1.807, 2.05) is 13.0 Å². The Balaban J connectivity index is 1.77. The van der Waals surface area contributed by atoms with Crippen LogP contribution in [0.4, 0.5) is 15.8 Å². The van der Waals surface area contributed by atoms with Crippen molar-refractivity contribution in [1.82, 2.24) is 0 Å². The van der Waals surface area contributed by atoms with E-state index in [0.29, 0.717) is 24.3 Å². The highest BCUT2D eigenvalue weighted by Gasteiger charge is 2.56. The number of carbonyl (C=O) groups is 2. The van der Waals surface area contributed by atoms with Crippen molar-refractivity contribution in [3.05, 3.63) is 53.8 Å². The predicted molar refractivity (Wildman–Crippen MR) is 93.1 cm³/mol. The molecular formula is C19H19FN2O3. The van der Waals surface area contributed by atoms with Crippen molar-refractivity contribution < 1.29 is 18.7 Å². The SMILES string of the molecule is COc1ccc(C)cc1NC(=O)C1(C(=O)Nc2ccccc2F)CC1. The largest absolute Gasteiger partial charge is 0.495 e. The fourth-order valence-corrected chi connectivity index (χ4v) is 2.65. The summed E-state index contributed by atoms with van der Waals surface area (Å²) in [6.07, 6.45) is 0.848. The maximum absolute atomic E-state index is 13.7. The van der Waals surface area contributed by atoms with Crippen molar-refractivity contribution in [3.63, 3.8) is 0 Å². The lowest BCUT2D eigenvalue weighted by atomic mass is 10.0. The molecule has 0 unspecified atom stereocenters. The van der Waals surface area contributed by atoms with E-state index >= 15 is 0 Å². The number of aryl methyl sites for hydroxylation is 1. The summed E-state index contributed by atoms with van der Waals surface area (Å²) in [7, 11) is 1.51. The monoisotopic (exact) mass is 342 g/mol. The smallest absolute Gasteiger partial charge is 0.240 e. The molecule has 0 heterocycles. The molecule has 0 aliphatic heterocycles. The number of halogens is 1. The number of hydrogen-bond acceptors (Lipinski definition) is 3. The Kier molecular flexibility index (Phi) is 4.44. The molecule has 1 saturated carbocycles. The number of anilines is 2. The van der Waals surface area contributed by atoms with E-state index < -0.39 is 23.0 Å². The van der Waals surface area contributed by atoms with E-state index in [-0.39, 0.29) is 5.69 Å². The van der Waals surface area contributed by atoms with Crippen molar-refractivity contribution in [3.8, 4) is 5.75 Å². The molecule has 0 radical (unpaired) electrons. The lowest BCUT2D eigenvalue weighted by Gasteiger charge is -2.17. The first-order valence-corrected chi connectivity index (χ1v) is 7.98. The predicted octanol–water partition coefficient (Wildman–Crippen LogP) is 3.50. The molecule has 2 amide bonds. The summed E-state index contributed by atoms with van der Waals surface area (Å²) in [4.78, 5) is 25.2. The zero-order valence-electron chi connectivity index (χ0n) is 14.1. The standard InChI is InChI=1S/C19H19FN2O3/c1-12-7-8-16(25-2)15(11-12)22-18(24)19(9-10-19)17(23)21-14-6-4-3-5-13(14)20/h3-8,11H,9-10H2,1-2H3,(H,21,23)(H,22,24). The van der Waals surface area contributed by atoms with Gasteiger partial charge in [-0.2, -0.15) is 0 Å². The van der Waals surface area contributed by atoms with Gasteiger partial charge in [0, 0.05) is 0 Å². The van der Waals surface area contributed by atoms with Crippen molar-refractivity contribution in [2.45, 2.75) is 19.8 Å². The topological polar surface area (TPSA) is 67.4 Å². The number of para-hydroxylation sites is 1. The van der Waals surface area contributed by atoms with Gasteiger partial charge in [-0.25, -0.2) is 4.39 Å². The minimum Gasteiger partial charge on any atom is -0.495 e. The number of hydrogen-bond donors (Lipinski definition) is 2. The fourth-order valence-electron chi connectivity index (χ4n) is 2.65. The van der Waals surface area contributed by atoms with Crippen LogP contribution < -0.4 is 15.4 Å². The van der Waals surface area contributed by atoms with Crippen molar-refractivity contribution >= 4 is 23.2 Å². The van der Waals surface area contributed by atoms with Crippen LogP contribution in [0.3, 0.4) is 0 Å². The summed E-state index contributed by atoms with van der Waals surface area (Å²) in [5.41, 5.74) is 0.366. The number of amides is 2. The van der Waals surface area contributed by atoms with Gasteiger partial charge in [0.05, 0.1) is 18.5 Å². The highest BCUT2D eigenvalue weighted by Crippen LogP contribution is 2.48. The minimum absolute atomic E-state index is 0.0692. The van der Waals surface area contributed by atoms with Crippen LogP contribution in [-0.4, -0.2) is 18.9 Å². The molecule has 0 saturated heterocycles. The summed E-state index contributed by atoms with van der Waals surface area (Å²) in [5.74, 6) is -0.927. The molecule has 0 aromatic heterocycles. The van der Waals surface area contributed by atoms with Gasteiger partial charge in [-0.3, -0.25) is 9.59 Å². The molecule has 130 valence electrons. The maximum Gasteiger partial charge on any atom is 0.240 e. The van der Waals surface area contributed by atoms with E-state index in [1.165, 1.54) is 25.3 Å². The average Bonchev–Trinajstić information content (AvgIpc) is 3.39. The lowest BCUT2D eigenvalue weighted by Crippen LogP contribution is -2.36. The Morgan fingerprint density at radius 3 is 2.28 bits per heavy atom. The van der Waals surface area contributed by atoms with E-state index in [2.05, 4.69) is 10.6 Å². The van der Waals surface area contributed by atoms with E-state index in [1.54, 1.807) is 18.2 Å². The molecule has 2 aromatic rings. The third-order valence-corrected chi connectivity index (χ3v) is 4.34. The molecule has 1 aliphatic rings. The zero-order valence-corrected chi connectivity index (χ0v) is 14.1. The van der Waals surface area contributed by atoms with Crippen molar-refractivity contribution in [2.75, 3.05) is 17.7 Å². The van der Waals surface area contributed by atoms with Crippen LogP contribution in [-0.2, 0) is 9.59 Å². The quantitative estimate of drug-likeness (QED) is 0.817. The third-order valence-electron chi connectivity index (χ3n) is 4.34. The Labute approximate surface area is 145 Å². The van der Waals surface area contributed by atoms with Crippen LogP contribution in [0.2, 0.25) is 0 Å². The summed E-state index contributed by atoms with van der Waals surface area (Å²) >= 11 is 0. The van der Waals surface area contributed by atoms with Crippen LogP contribution >= 0.6 is 0 Å². The highest BCUT2D eigenvalue weighted by atomic mass is 19.1. The van der Waals surface area contributed by atoms with Crippen molar-refractivity contribution in [2.24, 2.45) is 5.41 Å². The minimum atomic E-state index is -1.17. The highest BCUT2D eigenvalue weighted by molar-refractivity contribution is 6.17. The van der Waals surface area contributed by atoms with Crippen molar-refractivity contribution in [1.29, 1.82) is 0 Å². The Morgan fingerprint density at radius 1 is 1.04 bits per heavy atom. The van der Waals surface area contributed by atoms with Gasteiger partial charge in [0.2, 0.25) is 11.8 Å². The molecule has 25 heavy (non-hydrogen) atoms. The zero-order chi connectivity index (χ0) is 18.0. The first kappa shape index (κ1) is 17.0. The first-order valence-electron chi connectivity index (χ1n) is 7.98. The summed E-state index contributed by atoms with van der Waals surface area (Å²) in [5, 5.41) is 5.28. The number of rotatable bonds is 5. The number of nitrogens with one attached hydrogen (secondary N) is 2. The van der Waals surface area contributed by atoms with Crippen LogP contribution in [0.5, 0.6) is 5.75 Å². The van der Waals surface area contributed by atoms with Crippen LogP contribution in [0, 0.1) is 18.2 Å². The van der Waals surface area contributed by atoms with Gasteiger partial charge >= 0.3 is 0 Å². The number of benzene rings is 2. The number of ether oxygens (including phenoxy) is 1. The Hall–Kier alpha value is -2.89. The summed E-state index contributed by atoms with van der Waals surface area (Å²) < 4.78 is 19.0. The second-order valence-electron chi connectivity index (χ2n) is 6.17. The molecule has 1 aliphatic carbocycles. The van der Waals surface area contributed by atoms with Gasteiger partial charge in [-0.15, -0.1) is 0 Å². The molecule has 5 nitrogen and oxygen atoms in total. The van der Waals surface area contributed by atoms with E-state index in [0.717, 1.165) is 5.56 Å². The molecule has 3 rings (SSSR count). The molecular weight excluding hydrogens is 323 g/mol. The average molecular weight is 342 g/mol. The molecule has 1 fully saturated rings. The molecule has 6 heteroatoms. The van der Waals surface area contributed by atoms with Gasteiger partial charge in [0.25, 0.3) is 0 Å². The molecule has 2 aromatic carbocycles. The van der Waals surface area contributed by atoms with Crippen LogP contribution in [0.25, 0.3) is 0 Å². The fraction of sp³-hybridized carbons (Fsp3) is 0.263. The van der Waals surface area contributed by atoms with Gasteiger partial charge in [-0.05, 0) is 49.6 Å². The van der Waals surface area contributed by atoms with E-state index in [9.17, 15) is 14.0 Å². The summed E-state index contributed by atoms with van der Waals surface area (Å²) in [6, 6.07) is 11.3. The Bertz CT molecular complexity index is 831. The molecule has 2 N–H and O–H groups in total. The number of carbonyl (C=O) groups excluding carboxylic acids is 2. The Morgan fingerprint density at radius 2 is 1.68 bits per heavy atom. The second-order valence-corrected chi connectivity index (χ2v) is 6.17. The van der Waals surface area contributed by atoms with Crippen LogP contribution in [0.15, 0.2) is 42.5 Å². The molecule has 0 spiro atoms. The maximum atomic E-state index is 13.7. The summed E-state index contributed by atoms with van der Waals surface area (Å²) in [6.45, 7) is 1.90. The van der Waals surface area contributed by atoms with Gasteiger partial charge in [0.1, 0.15) is 17.0 Å². The van der Waals surface area contributed by atoms with Crippen LogP contribution in [0.1, 0.15) is 18.4 Å². The van der Waals surface area contributed by atoms with E-state index in [4.69, 9.17) is 4.74 Å².